The van der Waals surface area contributed by atoms with Crippen LogP contribution in [0.15, 0.2) is 24.3 Å². The normalized spacial score (nSPS) is 10.2. The van der Waals surface area contributed by atoms with Crippen molar-refractivity contribution in [3.63, 3.8) is 0 Å². The topological polar surface area (TPSA) is 64.3 Å². The summed E-state index contributed by atoms with van der Waals surface area (Å²) in [7, 11) is 1.66. The third-order valence-corrected chi connectivity index (χ3v) is 2.47. The summed E-state index contributed by atoms with van der Waals surface area (Å²) >= 11 is 0. The standard InChI is InChI=1S/C13H20N2O2/c1-17-10-2-9-15-13(16)8-5-11-3-6-12(14)7-4-11/h3-4,6-7H,2,5,8-10,14H2,1H3,(H,15,16). The number of nitrogens with one attached hydrogen (secondary N) is 1. The van der Waals surface area contributed by atoms with Gasteiger partial charge in [-0.3, -0.25) is 4.79 Å². The highest BCUT2D eigenvalue weighted by Crippen LogP contribution is 2.07. The predicted molar refractivity (Wildman–Crippen MR) is 68.7 cm³/mol. The summed E-state index contributed by atoms with van der Waals surface area (Å²) in [6, 6.07) is 7.61. The summed E-state index contributed by atoms with van der Waals surface area (Å²) in [6.07, 6.45) is 2.11. The van der Waals surface area contributed by atoms with Crippen LogP contribution >= 0.6 is 0 Å². The van der Waals surface area contributed by atoms with Gasteiger partial charge in [0.25, 0.3) is 0 Å². The lowest BCUT2D eigenvalue weighted by Crippen LogP contribution is -2.25. The van der Waals surface area contributed by atoms with Crippen molar-refractivity contribution in [2.75, 3.05) is 26.0 Å². The summed E-state index contributed by atoms with van der Waals surface area (Å²) in [5, 5.41) is 2.86. The fourth-order valence-electron chi connectivity index (χ4n) is 1.47. The van der Waals surface area contributed by atoms with E-state index in [1.165, 1.54) is 0 Å². The lowest BCUT2D eigenvalue weighted by molar-refractivity contribution is -0.121. The zero-order chi connectivity index (χ0) is 12.5. The lowest BCUT2D eigenvalue weighted by atomic mass is 10.1. The molecule has 0 fully saturated rings. The number of carbonyl (C=O) groups is 1. The molecule has 4 nitrogen and oxygen atoms in total. The van der Waals surface area contributed by atoms with Crippen molar-refractivity contribution in [2.24, 2.45) is 0 Å². The van der Waals surface area contributed by atoms with Gasteiger partial charge in [0.2, 0.25) is 5.91 Å². The van der Waals surface area contributed by atoms with Gasteiger partial charge in [0.05, 0.1) is 0 Å². The van der Waals surface area contributed by atoms with Gasteiger partial charge in [-0.25, -0.2) is 0 Å². The molecule has 0 aromatic heterocycles. The Bertz CT molecular complexity index is 336. The van der Waals surface area contributed by atoms with Crippen LogP contribution in [0.4, 0.5) is 5.69 Å². The smallest absolute Gasteiger partial charge is 0.220 e. The van der Waals surface area contributed by atoms with Crippen LogP contribution in [0.3, 0.4) is 0 Å². The Morgan fingerprint density at radius 1 is 1.35 bits per heavy atom. The van der Waals surface area contributed by atoms with E-state index < -0.39 is 0 Å². The van der Waals surface area contributed by atoms with E-state index in [0.717, 1.165) is 24.1 Å². The van der Waals surface area contributed by atoms with Gasteiger partial charge >= 0.3 is 0 Å². The van der Waals surface area contributed by atoms with Gasteiger partial charge in [0.1, 0.15) is 0 Å². The maximum Gasteiger partial charge on any atom is 0.220 e. The lowest BCUT2D eigenvalue weighted by Gasteiger charge is -2.05. The molecule has 4 heteroatoms. The molecule has 1 aromatic carbocycles. The Hall–Kier alpha value is -1.55. The zero-order valence-electron chi connectivity index (χ0n) is 10.2. The fourth-order valence-corrected chi connectivity index (χ4v) is 1.47. The number of nitrogen functional groups attached to an aromatic ring is 1. The number of hydrogen-bond acceptors (Lipinski definition) is 3. The number of anilines is 1. The maximum atomic E-state index is 11.5. The van der Waals surface area contributed by atoms with Crippen molar-refractivity contribution in [1.82, 2.24) is 5.32 Å². The van der Waals surface area contributed by atoms with Crippen molar-refractivity contribution in [3.8, 4) is 0 Å². The second kappa shape index (κ2) is 7.68. The highest BCUT2D eigenvalue weighted by molar-refractivity contribution is 5.76. The first-order valence-electron chi connectivity index (χ1n) is 5.82. The first kappa shape index (κ1) is 13.5. The number of carbonyl (C=O) groups excluding carboxylic acids is 1. The molecule has 0 heterocycles. The molecule has 94 valence electrons. The largest absolute Gasteiger partial charge is 0.399 e. The third kappa shape index (κ3) is 5.92. The molecular weight excluding hydrogens is 216 g/mol. The van der Waals surface area contributed by atoms with Gasteiger partial charge in [-0.1, -0.05) is 12.1 Å². The van der Waals surface area contributed by atoms with Gasteiger partial charge in [-0.15, -0.1) is 0 Å². The molecule has 0 spiro atoms. The van der Waals surface area contributed by atoms with Crippen LogP contribution in [-0.4, -0.2) is 26.2 Å². The number of rotatable bonds is 7. The SMILES string of the molecule is COCCCNC(=O)CCc1ccc(N)cc1. The van der Waals surface area contributed by atoms with E-state index in [2.05, 4.69) is 5.32 Å². The second-order valence-electron chi connectivity index (χ2n) is 3.94. The van der Waals surface area contributed by atoms with Crippen LogP contribution in [0.2, 0.25) is 0 Å². The summed E-state index contributed by atoms with van der Waals surface area (Å²) in [6.45, 7) is 1.35. The van der Waals surface area contributed by atoms with Gasteiger partial charge < -0.3 is 15.8 Å². The van der Waals surface area contributed by atoms with Crippen molar-refractivity contribution in [1.29, 1.82) is 0 Å². The molecule has 1 amide bonds. The molecule has 0 saturated carbocycles. The van der Waals surface area contributed by atoms with E-state index in [9.17, 15) is 4.79 Å². The van der Waals surface area contributed by atoms with Crippen molar-refractivity contribution >= 4 is 11.6 Å². The summed E-state index contributed by atoms with van der Waals surface area (Å²) < 4.78 is 4.90. The van der Waals surface area contributed by atoms with Crippen LogP contribution in [-0.2, 0) is 16.0 Å². The summed E-state index contributed by atoms with van der Waals surface area (Å²) in [5.41, 5.74) is 7.46. The van der Waals surface area contributed by atoms with Crippen molar-refractivity contribution < 1.29 is 9.53 Å². The van der Waals surface area contributed by atoms with Crippen LogP contribution in [0, 0.1) is 0 Å². The van der Waals surface area contributed by atoms with Crippen molar-refractivity contribution in [3.05, 3.63) is 29.8 Å². The number of hydrogen-bond donors (Lipinski definition) is 2. The van der Waals surface area contributed by atoms with Crippen LogP contribution in [0.5, 0.6) is 0 Å². The van der Waals surface area contributed by atoms with Crippen LogP contribution in [0.1, 0.15) is 18.4 Å². The van der Waals surface area contributed by atoms with Gasteiger partial charge in [-0.05, 0) is 30.5 Å². The molecule has 0 radical (unpaired) electrons. The first-order chi connectivity index (χ1) is 8.22. The molecule has 1 aromatic rings. The molecule has 0 saturated heterocycles. The Morgan fingerprint density at radius 2 is 2.06 bits per heavy atom. The highest BCUT2D eigenvalue weighted by atomic mass is 16.5. The molecule has 0 unspecified atom stereocenters. The molecule has 0 atom stereocenters. The van der Waals surface area contributed by atoms with Crippen molar-refractivity contribution in [2.45, 2.75) is 19.3 Å². The Balaban J connectivity index is 2.17. The third-order valence-electron chi connectivity index (χ3n) is 2.47. The molecular formula is C13H20N2O2. The quantitative estimate of drug-likeness (QED) is 0.555. The minimum atomic E-state index is 0.0814. The number of benzene rings is 1. The van der Waals surface area contributed by atoms with Gasteiger partial charge in [-0.2, -0.15) is 0 Å². The molecule has 17 heavy (non-hydrogen) atoms. The molecule has 0 aliphatic carbocycles. The number of methoxy groups -OCH3 is 1. The van der Waals surface area contributed by atoms with E-state index in [1.54, 1.807) is 7.11 Å². The van der Waals surface area contributed by atoms with Crippen LogP contribution < -0.4 is 11.1 Å². The Kier molecular flexibility index (Phi) is 6.10. The average Bonchev–Trinajstić information content (AvgIpc) is 2.34. The van der Waals surface area contributed by atoms with E-state index >= 15 is 0 Å². The number of nitrogens with two attached hydrogens (primary N) is 1. The summed E-state index contributed by atoms with van der Waals surface area (Å²) in [4.78, 5) is 11.5. The highest BCUT2D eigenvalue weighted by Gasteiger charge is 2.01. The monoisotopic (exact) mass is 236 g/mol. The van der Waals surface area contributed by atoms with Gasteiger partial charge in [0.15, 0.2) is 0 Å². The minimum absolute atomic E-state index is 0.0814. The Labute approximate surface area is 102 Å². The second-order valence-corrected chi connectivity index (χ2v) is 3.94. The molecule has 0 aliphatic heterocycles. The van der Waals surface area contributed by atoms with Gasteiger partial charge in [0, 0.05) is 32.4 Å². The number of amides is 1. The Morgan fingerprint density at radius 3 is 2.71 bits per heavy atom. The zero-order valence-corrected chi connectivity index (χ0v) is 10.2. The van der Waals surface area contributed by atoms with E-state index in [0.29, 0.717) is 19.6 Å². The molecule has 1 rings (SSSR count). The minimum Gasteiger partial charge on any atom is -0.399 e. The maximum absolute atomic E-state index is 11.5. The molecule has 0 aliphatic rings. The number of aryl methyl sites for hydroxylation is 1. The number of ether oxygens (including phenoxy) is 1. The fraction of sp³-hybridized carbons (Fsp3) is 0.462. The predicted octanol–water partition coefficient (Wildman–Crippen LogP) is 1.35. The van der Waals surface area contributed by atoms with Crippen LogP contribution in [0.25, 0.3) is 0 Å². The molecule has 0 bridgehead atoms. The molecule has 3 N–H and O–H groups in total. The van der Waals surface area contributed by atoms with E-state index in [4.69, 9.17) is 10.5 Å². The van der Waals surface area contributed by atoms with E-state index in [-0.39, 0.29) is 5.91 Å². The first-order valence-corrected chi connectivity index (χ1v) is 5.82. The average molecular weight is 236 g/mol. The summed E-state index contributed by atoms with van der Waals surface area (Å²) in [5.74, 6) is 0.0814. The van der Waals surface area contributed by atoms with E-state index in [1.807, 2.05) is 24.3 Å².